The number of cyclic esters (lactones) is 1. The molecule has 0 aromatic rings. The van der Waals surface area contributed by atoms with E-state index < -0.39 is 0 Å². The summed E-state index contributed by atoms with van der Waals surface area (Å²) in [7, 11) is 5.42. The fourth-order valence-electron chi connectivity index (χ4n) is 5.47. The molecule has 4 N–H and O–H groups in total. The number of allylic oxidation sites excluding steroid dienone is 6. The van der Waals surface area contributed by atoms with Gasteiger partial charge < -0.3 is 14.6 Å². The van der Waals surface area contributed by atoms with Crippen molar-refractivity contribution in [2.24, 2.45) is 23.5 Å². The summed E-state index contributed by atoms with van der Waals surface area (Å²) in [5.74, 6) is 11.3. The van der Waals surface area contributed by atoms with E-state index in [2.05, 4.69) is 35.0 Å². The van der Waals surface area contributed by atoms with Crippen LogP contribution in [0.15, 0.2) is 58.9 Å². The molecule has 2 fully saturated rings. The van der Waals surface area contributed by atoms with Crippen molar-refractivity contribution in [1.82, 2.24) is 19.8 Å². The minimum absolute atomic E-state index is 0.109. The lowest BCUT2D eigenvalue weighted by Crippen LogP contribution is -2.51. The summed E-state index contributed by atoms with van der Waals surface area (Å²) in [5, 5.41) is 3.16. The van der Waals surface area contributed by atoms with Gasteiger partial charge in [-0.3, -0.25) is 20.5 Å². The van der Waals surface area contributed by atoms with E-state index in [1.54, 1.807) is 25.2 Å². The van der Waals surface area contributed by atoms with Crippen LogP contribution in [0.5, 0.6) is 0 Å². The van der Waals surface area contributed by atoms with Gasteiger partial charge in [-0.05, 0) is 50.2 Å². The van der Waals surface area contributed by atoms with Crippen LogP contribution in [0.4, 0.5) is 0 Å². The van der Waals surface area contributed by atoms with Crippen LogP contribution >= 0.6 is 0 Å². The van der Waals surface area contributed by atoms with Crippen LogP contribution in [-0.4, -0.2) is 92.2 Å². The molecule has 0 aromatic heterocycles. The maximum Gasteiger partial charge on any atom is 0.330 e. The molecular weight excluding hydrogens is 504 g/mol. The summed E-state index contributed by atoms with van der Waals surface area (Å²) in [5.41, 5.74) is 4.94. The lowest BCUT2D eigenvalue weighted by atomic mass is 9.85. The Labute approximate surface area is 241 Å². The molecule has 4 aliphatic rings. The fraction of sp³-hybridized carbons (Fsp3) is 0.613. The van der Waals surface area contributed by atoms with Gasteiger partial charge in [0.1, 0.15) is 0 Å². The molecule has 224 valence electrons. The van der Waals surface area contributed by atoms with Gasteiger partial charge >= 0.3 is 5.97 Å². The van der Waals surface area contributed by atoms with Gasteiger partial charge in [0.25, 0.3) is 0 Å². The van der Waals surface area contributed by atoms with E-state index in [1.165, 1.54) is 27.8 Å². The van der Waals surface area contributed by atoms with E-state index in [4.69, 9.17) is 16.4 Å². The maximum atomic E-state index is 13.3. The lowest BCUT2D eigenvalue weighted by Gasteiger charge is -2.37. The topological polar surface area (TPSA) is 108 Å². The average Bonchev–Trinajstić information content (AvgIpc) is 3.36. The summed E-state index contributed by atoms with van der Waals surface area (Å²) in [6.45, 7) is 10.9. The molecule has 1 saturated heterocycles. The van der Waals surface area contributed by atoms with Gasteiger partial charge in [-0.15, -0.1) is 0 Å². The Hall–Kier alpha value is -2.72. The summed E-state index contributed by atoms with van der Waals surface area (Å²) in [6, 6.07) is 0. The first-order chi connectivity index (χ1) is 19.2. The number of hydrogen-bond acceptors (Lipinski definition) is 8. The first-order valence-corrected chi connectivity index (χ1v) is 14.7. The van der Waals surface area contributed by atoms with Crippen LogP contribution in [0.3, 0.4) is 0 Å². The third kappa shape index (κ3) is 10.4. The van der Waals surface area contributed by atoms with Crippen LogP contribution < -0.4 is 11.7 Å². The molecule has 4 rings (SSSR count). The highest BCUT2D eigenvalue weighted by Gasteiger charge is 2.39. The lowest BCUT2D eigenvalue weighted by molar-refractivity contribution is -0.138. The van der Waals surface area contributed by atoms with Gasteiger partial charge in [0, 0.05) is 78.0 Å². The first kappa shape index (κ1) is 33.5. The molecule has 1 amide bonds. The Kier molecular flexibility index (Phi) is 14.4. The highest BCUT2D eigenvalue weighted by Crippen LogP contribution is 2.43. The van der Waals surface area contributed by atoms with Crippen molar-refractivity contribution in [3.63, 3.8) is 0 Å². The highest BCUT2D eigenvalue weighted by molar-refractivity contribution is 5.82. The molecule has 2 aliphatic heterocycles. The van der Waals surface area contributed by atoms with Gasteiger partial charge in [0.15, 0.2) is 0 Å². The van der Waals surface area contributed by atoms with Gasteiger partial charge in [-0.25, -0.2) is 10.6 Å². The van der Waals surface area contributed by atoms with Gasteiger partial charge in [-0.1, -0.05) is 49.3 Å². The molecule has 9 nitrogen and oxygen atoms in total. The van der Waals surface area contributed by atoms with Crippen molar-refractivity contribution in [2.45, 2.75) is 52.9 Å². The SMILES string of the molecule is CC.CC1=C\CCOC(=O)/C=C/C=C\1CCN1CCN(C(=O)C2CCC3=CC(N(C)N)=CCC32)CC1.CN(C)N. The zero-order chi connectivity index (χ0) is 29.7. The van der Waals surface area contributed by atoms with E-state index in [1.807, 2.05) is 27.0 Å². The number of piperazine rings is 1. The number of rotatable bonds is 5. The smallest absolute Gasteiger partial charge is 0.330 e. The van der Waals surface area contributed by atoms with E-state index in [-0.39, 0.29) is 11.9 Å². The number of likely N-dealkylation sites (N-methyl/N-ethyl adjacent to an activating group) is 1. The maximum absolute atomic E-state index is 13.3. The number of esters is 1. The minimum atomic E-state index is -0.286. The number of hydrogen-bond donors (Lipinski definition) is 2. The van der Waals surface area contributed by atoms with Crippen LogP contribution in [0.1, 0.15) is 52.9 Å². The predicted molar refractivity (Wildman–Crippen MR) is 162 cm³/mol. The Morgan fingerprint density at radius 1 is 1.10 bits per heavy atom. The van der Waals surface area contributed by atoms with Crippen molar-refractivity contribution in [2.75, 3.05) is 60.5 Å². The van der Waals surface area contributed by atoms with Gasteiger partial charge in [-0.2, -0.15) is 0 Å². The summed E-state index contributed by atoms with van der Waals surface area (Å²) >= 11 is 0. The van der Waals surface area contributed by atoms with Crippen molar-refractivity contribution in [1.29, 1.82) is 0 Å². The molecule has 0 spiro atoms. The third-order valence-electron chi connectivity index (χ3n) is 7.57. The van der Waals surface area contributed by atoms with Gasteiger partial charge in [0.05, 0.1) is 6.61 Å². The second-order valence-electron chi connectivity index (χ2n) is 10.7. The number of amides is 1. The van der Waals surface area contributed by atoms with Crippen LogP contribution in [0, 0.1) is 11.8 Å². The molecule has 2 atom stereocenters. The predicted octanol–water partition coefficient (Wildman–Crippen LogP) is 3.39. The third-order valence-corrected chi connectivity index (χ3v) is 7.57. The molecule has 0 aromatic carbocycles. The largest absolute Gasteiger partial charge is 0.462 e. The number of carbonyl (C=O) groups is 2. The summed E-state index contributed by atoms with van der Waals surface area (Å²) in [6.07, 6.45) is 16.3. The molecule has 40 heavy (non-hydrogen) atoms. The van der Waals surface area contributed by atoms with E-state index in [0.29, 0.717) is 18.4 Å². The quantitative estimate of drug-likeness (QED) is 0.301. The molecular formula is C31H52N6O3. The number of nitrogens with zero attached hydrogens (tertiary/aromatic N) is 4. The number of hydrazine groups is 2. The average molecular weight is 557 g/mol. The fourth-order valence-corrected chi connectivity index (χ4v) is 5.47. The molecule has 2 aliphatic carbocycles. The van der Waals surface area contributed by atoms with Gasteiger partial charge in [0.2, 0.25) is 5.91 Å². The Bertz CT molecular complexity index is 984. The monoisotopic (exact) mass is 556 g/mol. The summed E-state index contributed by atoms with van der Waals surface area (Å²) in [4.78, 5) is 29.5. The van der Waals surface area contributed by atoms with Crippen molar-refractivity contribution in [3.8, 4) is 0 Å². The minimum Gasteiger partial charge on any atom is -0.462 e. The standard InChI is InChI=1S/C27H38N4O3.C2H8N2.C2H6/c1-20-5-4-18-34-26(32)7-3-6-21(20)12-13-30-14-16-31(17-15-30)27(33)25-10-8-22-19-23(29(2)28)9-11-24(22)25;1-4(2)3;1-2/h3,5-7,9,19,24-25H,4,8,10-18,28H2,1-2H3;3H2,1-2H3;1-2H3/b7-3+,20-5+,21-6-;;. The molecule has 0 bridgehead atoms. The summed E-state index contributed by atoms with van der Waals surface area (Å²) < 4.78 is 5.11. The zero-order valence-electron chi connectivity index (χ0n) is 25.6. The Morgan fingerprint density at radius 2 is 1.77 bits per heavy atom. The highest BCUT2D eigenvalue weighted by atomic mass is 16.5. The van der Waals surface area contributed by atoms with E-state index in [9.17, 15) is 9.59 Å². The van der Waals surface area contributed by atoms with Crippen LogP contribution in [0.25, 0.3) is 0 Å². The van der Waals surface area contributed by atoms with Crippen molar-refractivity contribution in [3.05, 3.63) is 58.9 Å². The van der Waals surface area contributed by atoms with E-state index in [0.717, 1.165) is 70.5 Å². The first-order valence-electron chi connectivity index (χ1n) is 14.7. The number of carbonyl (C=O) groups excluding carboxylic acids is 2. The van der Waals surface area contributed by atoms with Crippen molar-refractivity contribution < 1.29 is 14.3 Å². The molecule has 2 unspecified atom stereocenters. The molecule has 2 heterocycles. The molecule has 1 saturated carbocycles. The second-order valence-corrected chi connectivity index (χ2v) is 10.7. The number of nitrogens with two attached hydrogens (primary N) is 2. The Balaban J connectivity index is 0.000000858. The second kappa shape index (κ2) is 17.2. The van der Waals surface area contributed by atoms with Crippen molar-refractivity contribution >= 4 is 11.9 Å². The molecule has 0 radical (unpaired) electrons. The van der Waals surface area contributed by atoms with Crippen LogP contribution in [-0.2, 0) is 14.3 Å². The zero-order valence-corrected chi connectivity index (χ0v) is 25.6. The van der Waals surface area contributed by atoms with Crippen LogP contribution in [0.2, 0.25) is 0 Å². The molecule has 9 heteroatoms. The normalized spacial score (nSPS) is 26.6. The number of ether oxygens (including phenoxy) is 1. The number of fused-ring (bicyclic) bond motifs is 1. The van der Waals surface area contributed by atoms with E-state index >= 15 is 0 Å². The Morgan fingerprint density at radius 3 is 2.42 bits per heavy atom.